The van der Waals surface area contributed by atoms with Crippen LogP contribution in [0, 0.1) is 6.92 Å². The Morgan fingerprint density at radius 1 is 1.56 bits per heavy atom. The number of nitrogens with one attached hydrogen (secondary N) is 2. The Kier molecular flexibility index (Phi) is 4.97. The normalized spacial score (nSPS) is 12.8. The summed E-state index contributed by atoms with van der Waals surface area (Å²) >= 11 is 5.37. The maximum absolute atomic E-state index is 4.04. The lowest BCUT2D eigenvalue weighted by Crippen LogP contribution is -2.19. The standard InChI is InChI=1S/C13H18BrN3S/c1-9-11(8-16-17-9)4-3-6-15-10(2)13-12(14)5-7-18-13/h5,7-8,10,15H,3-4,6H2,1-2H3,(H,16,17). The number of rotatable bonds is 6. The van der Waals surface area contributed by atoms with E-state index in [1.807, 2.05) is 6.20 Å². The van der Waals surface area contributed by atoms with Crippen LogP contribution in [-0.2, 0) is 6.42 Å². The molecule has 1 atom stereocenters. The van der Waals surface area contributed by atoms with Gasteiger partial charge in [0.15, 0.2) is 0 Å². The van der Waals surface area contributed by atoms with E-state index in [1.165, 1.54) is 20.6 Å². The molecule has 2 N–H and O–H groups in total. The second-order valence-corrected chi connectivity index (χ2v) is 6.23. The highest BCUT2D eigenvalue weighted by Gasteiger charge is 2.09. The number of aromatic nitrogens is 2. The number of aryl methyl sites for hydroxylation is 2. The summed E-state index contributed by atoms with van der Waals surface area (Å²) in [5.74, 6) is 0. The summed E-state index contributed by atoms with van der Waals surface area (Å²) in [5, 5.41) is 12.7. The minimum absolute atomic E-state index is 0.407. The van der Waals surface area contributed by atoms with Crippen LogP contribution in [0.3, 0.4) is 0 Å². The third-order valence-corrected chi connectivity index (χ3v) is 5.10. The van der Waals surface area contributed by atoms with Gasteiger partial charge in [-0.2, -0.15) is 5.10 Å². The zero-order valence-corrected chi connectivity index (χ0v) is 13.1. The van der Waals surface area contributed by atoms with Gasteiger partial charge >= 0.3 is 0 Å². The summed E-state index contributed by atoms with van der Waals surface area (Å²) in [7, 11) is 0. The van der Waals surface area contributed by atoms with Crippen molar-refractivity contribution in [3.8, 4) is 0 Å². The van der Waals surface area contributed by atoms with Gasteiger partial charge in [0, 0.05) is 21.1 Å². The van der Waals surface area contributed by atoms with Crippen molar-refractivity contribution in [1.29, 1.82) is 0 Å². The van der Waals surface area contributed by atoms with Crippen LogP contribution in [0.1, 0.15) is 35.5 Å². The zero-order valence-electron chi connectivity index (χ0n) is 10.7. The predicted molar refractivity (Wildman–Crippen MR) is 80.1 cm³/mol. The van der Waals surface area contributed by atoms with Gasteiger partial charge in [-0.25, -0.2) is 0 Å². The number of H-pyrrole nitrogens is 1. The molecule has 0 saturated carbocycles. The average Bonchev–Trinajstić information content (AvgIpc) is 2.94. The Morgan fingerprint density at radius 3 is 3.00 bits per heavy atom. The minimum Gasteiger partial charge on any atom is -0.309 e. The quantitative estimate of drug-likeness (QED) is 0.792. The van der Waals surface area contributed by atoms with Crippen molar-refractivity contribution in [2.24, 2.45) is 0 Å². The summed E-state index contributed by atoms with van der Waals surface area (Å²) in [4.78, 5) is 1.37. The van der Waals surface area contributed by atoms with Crippen molar-refractivity contribution in [3.63, 3.8) is 0 Å². The smallest absolute Gasteiger partial charge is 0.0522 e. The molecule has 2 aromatic heterocycles. The summed E-state index contributed by atoms with van der Waals surface area (Å²) < 4.78 is 1.21. The summed E-state index contributed by atoms with van der Waals surface area (Å²) in [6.07, 6.45) is 4.13. The molecule has 3 nitrogen and oxygen atoms in total. The first kappa shape index (κ1) is 13.8. The molecule has 5 heteroatoms. The molecule has 0 fully saturated rings. The highest BCUT2D eigenvalue weighted by molar-refractivity contribution is 9.10. The van der Waals surface area contributed by atoms with Gasteiger partial charge in [0.1, 0.15) is 0 Å². The third kappa shape index (κ3) is 3.43. The number of aromatic amines is 1. The molecule has 0 saturated heterocycles. The second-order valence-electron chi connectivity index (χ2n) is 4.43. The first-order valence-corrected chi connectivity index (χ1v) is 7.81. The Bertz CT molecular complexity index is 492. The molecule has 0 aliphatic rings. The fraction of sp³-hybridized carbons (Fsp3) is 0.462. The maximum atomic E-state index is 4.04. The molecule has 2 heterocycles. The molecule has 98 valence electrons. The van der Waals surface area contributed by atoms with Gasteiger partial charge in [-0.3, -0.25) is 5.10 Å². The monoisotopic (exact) mass is 327 g/mol. The Balaban J connectivity index is 1.73. The fourth-order valence-electron chi connectivity index (χ4n) is 1.93. The van der Waals surface area contributed by atoms with Crippen molar-refractivity contribution in [2.75, 3.05) is 6.54 Å². The molecule has 0 spiro atoms. The van der Waals surface area contributed by atoms with E-state index in [0.717, 1.165) is 19.4 Å². The molecule has 0 radical (unpaired) electrons. The molecule has 18 heavy (non-hydrogen) atoms. The molecule has 2 rings (SSSR count). The van der Waals surface area contributed by atoms with Crippen molar-refractivity contribution >= 4 is 27.3 Å². The third-order valence-electron chi connectivity index (χ3n) is 3.05. The van der Waals surface area contributed by atoms with Gasteiger partial charge in [0.25, 0.3) is 0 Å². The van der Waals surface area contributed by atoms with E-state index >= 15 is 0 Å². The lowest BCUT2D eigenvalue weighted by atomic mass is 10.1. The average molecular weight is 328 g/mol. The van der Waals surface area contributed by atoms with Crippen LogP contribution in [0.2, 0.25) is 0 Å². The van der Waals surface area contributed by atoms with Crippen LogP contribution in [0.15, 0.2) is 22.1 Å². The van der Waals surface area contributed by atoms with Gasteiger partial charge in [0.2, 0.25) is 0 Å². The number of nitrogens with zero attached hydrogens (tertiary/aromatic N) is 1. The molecule has 0 aliphatic heterocycles. The molecule has 0 bridgehead atoms. The van der Waals surface area contributed by atoms with Crippen molar-refractivity contribution in [2.45, 2.75) is 32.7 Å². The topological polar surface area (TPSA) is 40.7 Å². The van der Waals surface area contributed by atoms with Crippen LogP contribution >= 0.6 is 27.3 Å². The molecule has 0 aromatic carbocycles. The van der Waals surface area contributed by atoms with E-state index in [1.54, 1.807) is 11.3 Å². The number of hydrogen-bond donors (Lipinski definition) is 2. The molecule has 0 aliphatic carbocycles. The van der Waals surface area contributed by atoms with Crippen LogP contribution < -0.4 is 5.32 Å². The maximum Gasteiger partial charge on any atom is 0.0522 e. The Hall–Kier alpha value is -0.650. The van der Waals surface area contributed by atoms with Gasteiger partial charge in [-0.1, -0.05) is 0 Å². The molecular weight excluding hydrogens is 310 g/mol. The van der Waals surface area contributed by atoms with Crippen LogP contribution in [0.5, 0.6) is 0 Å². The van der Waals surface area contributed by atoms with E-state index in [2.05, 4.69) is 56.7 Å². The summed E-state index contributed by atoms with van der Waals surface area (Å²) in [6, 6.07) is 2.51. The van der Waals surface area contributed by atoms with Crippen molar-refractivity contribution in [3.05, 3.63) is 38.3 Å². The predicted octanol–water partition coefficient (Wildman–Crippen LogP) is 3.83. The van der Waals surface area contributed by atoms with Crippen molar-refractivity contribution < 1.29 is 0 Å². The number of thiophene rings is 1. The largest absolute Gasteiger partial charge is 0.309 e. The van der Waals surface area contributed by atoms with E-state index in [9.17, 15) is 0 Å². The van der Waals surface area contributed by atoms with E-state index in [-0.39, 0.29) is 0 Å². The van der Waals surface area contributed by atoms with E-state index in [4.69, 9.17) is 0 Å². The van der Waals surface area contributed by atoms with Crippen LogP contribution in [0.4, 0.5) is 0 Å². The first-order valence-electron chi connectivity index (χ1n) is 6.13. The lowest BCUT2D eigenvalue weighted by molar-refractivity contribution is 0.563. The zero-order chi connectivity index (χ0) is 13.0. The van der Waals surface area contributed by atoms with Gasteiger partial charge in [-0.15, -0.1) is 11.3 Å². The number of hydrogen-bond acceptors (Lipinski definition) is 3. The van der Waals surface area contributed by atoms with E-state index in [0.29, 0.717) is 6.04 Å². The lowest BCUT2D eigenvalue weighted by Gasteiger charge is -2.12. The summed E-state index contributed by atoms with van der Waals surface area (Å²) in [6.45, 7) is 5.30. The fourth-order valence-corrected chi connectivity index (χ4v) is 3.68. The Morgan fingerprint density at radius 2 is 2.39 bits per heavy atom. The summed E-state index contributed by atoms with van der Waals surface area (Å²) in [5.41, 5.74) is 2.51. The van der Waals surface area contributed by atoms with Crippen LogP contribution in [-0.4, -0.2) is 16.7 Å². The molecule has 2 aromatic rings. The molecule has 0 amide bonds. The second kappa shape index (κ2) is 6.50. The SMILES string of the molecule is Cc1[nH]ncc1CCCNC(C)c1sccc1Br. The Labute approximate surface area is 120 Å². The van der Waals surface area contributed by atoms with Gasteiger partial charge < -0.3 is 5.32 Å². The minimum atomic E-state index is 0.407. The van der Waals surface area contributed by atoms with Crippen molar-refractivity contribution in [1.82, 2.24) is 15.5 Å². The van der Waals surface area contributed by atoms with Gasteiger partial charge in [0.05, 0.1) is 6.20 Å². The highest BCUT2D eigenvalue weighted by Crippen LogP contribution is 2.28. The number of halogens is 1. The highest BCUT2D eigenvalue weighted by atomic mass is 79.9. The van der Waals surface area contributed by atoms with Crippen LogP contribution in [0.25, 0.3) is 0 Å². The first-order chi connectivity index (χ1) is 8.68. The molecule has 1 unspecified atom stereocenters. The van der Waals surface area contributed by atoms with Gasteiger partial charge in [-0.05, 0) is 66.2 Å². The molecular formula is C13H18BrN3S. The van der Waals surface area contributed by atoms with E-state index < -0.39 is 0 Å².